The molecule has 42 heavy (non-hydrogen) atoms. The Kier molecular flexibility index (Phi) is 8.33. The highest BCUT2D eigenvalue weighted by Gasteiger charge is 2.36. The summed E-state index contributed by atoms with van der Waals surface area (Å²) in [6.45, 7) is 7.98. The number of rotatable bonds is 10. The number of carbonyl (C=O) groups is 1. The number of fused-ring (bicyclic) bond motifs is 1. The third-order valence-electron chi connectivity index (χ3n) is 7.44. The fourth-order valence-corrected chi connectivity index (χ4v) is 5.25. The molecule has 0 saturated heterocycles. The topological polar surface area (TPSA) is 103 Å². The third kappa shape index (κ3) is 5.35. The first-order valence-corrected chi connectivity index (χ1v) is 13.9. The van der Waals surface area contributed by atoms with E-state index in [4.69, 9.17) is 24.3 Å². The van der Waals surface area contributed by atoms with Crippen LogP contribution in [-0.4, -0.2) is 55.1 Å². The number of methoxy groups -OCH3 is 3. The zero-order valence-electron chi connectivity index (χ0n) is 24.8. The largest absolute Gasteiger partial charge is 0.497 e. The first-order chi connectivity index (χ1) is 20.4. The van der Waals surface area contributed by atoms with E-state index in [0.717, 1.165) is 29.9 Å². The van der Waals surface area contributed by atoms with E-state index < -0.39 is 6.04 Å². The molecule has 5 rings (SSSR count). The molecule has 2 N–H and O–H groups in total. The highest BCUT2D eigenvalue weighted by Crippen LogP contribution is 2.42. The molecule has 0 aliphatic carbocycles. The van der Waals surface area contributed by atoms with Gasteiger partial charge in [0.1, 0.15) is 23.3 Å². The number of ether oxygens (including phenoxy) is 3. The Hall–Kier alpha value is -4.99. The maximum Gasteiger partial charge on any atom is 0.255 e. The van der Waals surface area contributed by atoms with Crippen LogP contribution in [0, 0.1) is 0 Å². The van der Waals surface area contributed by atoms with Crippen molar-refractivity contribution in [2.75, 3.05) is 50.0 Å². The van der Waals surface area contributed by atoms with Gasteiger partial charge >= 0.3 is 0 Å². The van der Waals surface area contributed by atoms with Crippen molar-refractivity contribution in [3.8, 4) is 28.6 Å². The van der Waals surface area contributed by atoms with E-state index in [1.54, 1.807) is 44.2 Å². The number of para-hydroxylation sites is 2. The van der Waals surface area contributed by atoms with Crippen LogP contribution >= 0.6 is 0 Å². The molecular weight excluding hydrogens is 532 g/mol. The van der Waals surface area contributed by atoms with Gasteiger partial charge in [-0.3, -0.25) is 4.79 Å². The Labute approximate surface area is 245 Å². The lowest BCUT2D eigenvalue weighted by atomic mass is 9.94. The van der Waals surface area contributed by atoms with Crippen molar-refractivity contribution >= 4 is 23.2 Å². The molecule has 0 fully saturated rings. The number of anilines is 3. The Morgan fingerprint density at radius 3 is 2.33 bits per heavy atom. The van der Waals surface area contributed by atoms with Crippen molar-refractivity contribution < 1.29 is 19.0 Å². The maximum absolute atomic E-state index is 14.0. The smallest absolute Gasteiger partial charge is 0.255 e. The average Bonchev–Trinajstić information content (AvgIpc) is 3.44. The Balaban J connectivity index is 1.60. The molecule has 10 heteroatoms. The van der Waals surface area contributed by atoms with Crippen molar-refractivity contribution in [3.05, 3.63) is 83.6 Å². The van der Waals surface area contributed by atoms with Gasteiger partial charge < -0.3 is 29.7 Å². The number of nitrogens with one attached hydrogen (secondary N) is 2. The fourth-order valence-electron chi connectivity index (χ4n) is 5.25. The summed E-state index contributed by atoms with van der Waals surface area (Å²) in [7, 11) is 4.76. The molecule has 0 bridgehead atoms. The van der Waals surface area contributed by atoms with E-state index in [-0.39, 0.29) is 5.91 Å². The fraction of sp³-hybridized carbons (Fsp3) is 0.281. The monoisotopic (exact) mass is 568 g/mol. The molecule has 0 saturated carbocycles. The number of hydrogen-bond acceptors (Lipinski definition) is 8. The van der Waals surface area contributed by atoms with Crippen molar-refractivity contribution in [2.45, 2.75) is 26.8 Å². The second-order valence-corrected chi connectivity index (χ2v) is 9.75. The van der Waals surface area contributed by atoms with Crippen molar-refractivity contribution in [3.63, 3.8) is 0 Å². The van der Waals surface area contributed by atoms with Gasteiger partial charge in [0, 0.05) is 41.7 Å². The van der Waals surface area contributed by atoms with Crippen molar-refractivity contribution in [2.24, 2.45) is 0 Å². The van der Waals surface area contributed by atoms with Crippen LogP contribution in [0.25, 0.3) is 11.4 Å². The van der Waals surface area contributed by atoms with Crippen LogP contribution in [-0.2, 0) is 4.79 Å². The van der Waals surface area contributed by atoms with Gasteiger partial charge in [0.05, 0.1) is 32.6 Å². The van der Waals surface area contributed by atoms with Crippen LogP contribution < -0.4 is 29.7 Å². The standard InChI is InChI=1S/C32H36N6O4/c1-7-37(8-2)22-15-13-21(14-16-22)30-35-32-33-20(3)28(31(39)34-25-11-9-10-12-26(25)41-5)29(38(32)36-30)24-18-17-23(40-4)19-27(24)42-6/h9-19,29H,7-8H2,1-6H3,(H,34,39)(H,33,35,36). The molecule has 2 heterocycles. The lowest BCUT2D eigenvalue weighted by molar-refractivity contribution is -0.113. The van der Waals surface area contributed by atoms with E-state index in [1.165, 1.54) is 0 Å². The van der Waals surface area contributed by atoms with E-state index in [2.05, 4.69) is 41.5 Å². The molecule has 1 aliphatic rings. The highest BCUT2D eigenvalue weighted by molar-refractivity contribution is 6.06. The lowest BCUT2D eigenvalue weighted by Crippen LogP contribution is -2.31. The van der Waals surface area contributed by atoms with Gasteiger partial charge in [-0.25, -0.2) is 4.68 Å². The summed E-state index contributed by atoms with van der Waals surface area (Å²) in [6, 6.07) is 20.4. The van der Waals surface area contributed by atoms with Gasteiger partial charge in [-0.05, 0) is 69.3 Å². The zero-order valence-corrected chi connectivity index (χ0v) is 24.8. The number of benzene rings is 3. The number of carbonyl (C=O) groups excluding carboxylic acids is 1. The lowest BCUT2D eigenvalue weighted by Gasteiger charge is -2.29. The summed E-state index contributed by atoms with van der Waals surface area (Å²) in [4.78, 5) is 21.1. The summed E-state index contributed by atoms with van der Waals surface area (Å²) >= 11 is 0. The predicted octanol–water partition coefficient (Wildman–Crippen LogP) is 5.74. The number of allylic oxidation sites excluding steroid dienone is 1. The Morgan fingerprint density at radius 2 is 1.67 bits per heavy atom. The summed E-state index contributed by atoms with van der Waals surface area (Å²) in [5.41, 5.74) is 4.41. The van der Waals surface area contributed by atoms with E-state index in [9.17, 15) is 4.79 Å². The zero-order chi connectivity index (χ0) is 29.8. The molecule has 1 unspecified atom stereocenters. The van der Waals surface area contributed by atoms with E-state index in [0.29, 0.717) is 46.0 Å². The molecule has 1 amide bonds. The highest BCUT2D eigenvalue weighted by atomic mass is 16.5. The molecule has 1 atom stereocenters. The van der Waals surface area contributed by atoms with Gasteiger partial charge in [-0.2, -0.15) is 4.98 Å². The van der Waals surface area contributed by atoms with Crippen LogP contribution in [0.3, 0.4) is 0 Å². The van der Waals surface area contributed by atoms with Crippen LogP contribution in [0.2, 0.25) is 0 Å². The molecule has 218 valence electrons. The molecule has 0 spiro atoms. The summed E-state index contributed by atoms with van der Waals surface area (Å²) in [6.07, 6.45) is 0. The number of amides is 1. The third-order valence-corrected chi connectivity index (χ3v) is 7.44. The normalized spacial score (nSPS) is 14.1. The SMILES string of the molecule is CCN(CC)c1ccc(-c2nc3n(n2)C(c2ccc(OC)cc2OC)C(C(=O)Nc2ccccc2OC)=C(C)N3)cc1. The molecule has 1 aromatic heterocycles. The molecule has 10 nitrogen and oxygen atoms in total. The van der Waals surface area contributed by atoms with Crippen LogP contribution in [0.1, 0.15) is 32.4 Å². The molecular formula is C32H36N6O4. The molecule has 3 aromatic carbocycles. The van der Waals surface area contributed by atoms with Crippen LogP contribution in [0.4, 0.5) is 17.3 Å². The second-order valence-electron chi connectivity index (χ2n) is 9.75. The quantitative estimate of drug-likeness (QED) is 0.250. The second kappa shape index (κ2) is 12.3. The molecule has 1 aliphatic heterocycles. The maximum atomic E-state index is 14.0. The van der Waals surface area contributed by atoms with Crippen molar-refractivity contribution in [1.29, 1.82) is 0 Å². The molecule has 4 aromatic rings. The van der Waals surface area contributed by atoms with Gasteiger partial charge in [0.2, 0.25) is 5.95 Å². The average molecular weight is 569 g/mol. The summed E-state index contributed by atoms with van der Waals surface area (Å²) in [5, 5.41) is 11.3. The minimum absolute atomic E-state index is 0.307. The van der Waals surface area contributed by atoms with Gasteiger partial charge in [-0.1, -0.05) is 12.1 Å². The first kappa shape index (κ1) is 28.5. The van der Waals surface area contributed by atoms with Gasteiger partial charge in [0.15, 0.2) is 5.82 Å². The minimum atomic E-state index is -0.645. The van der Waals surface area contributed by atoms with Gasteiger partial charge in [0.25, 0.3) is 5.91 Å². The first-order valence-electron chi connectivity index (χ1n) is 13.9. The van der Waals surface area contributed by atoms with Crippen molar-refractivity contribution in [1.82, 2.24) is 14.8 Å². The minimum Gasteiger partial charge on any atom is -0.497 e. The summed E-state index contributed by atoms with van der Waals surface area (Å²) < 4.78 is 18.4. The Morgan fingerprint density at radius 1 is 0.952 bits per heavy atom. The number of hydrogen-bond donors (Lipinski definition) is 2. The van der Waals surface area contributed by atoms with Crippen LogP contribution in [0.15, 0.2) is 78.0 Å². The number of nitrogens with zero attached hydrogens (tertiary/aromatic N) is 4. The van der Waals surface area contributed by atoms with E-state index >= 15 is 0 Å². The van der Waals surface area contributed by atoms with Gasteiger partial charge in [-0.15, -0.1) is 5.10 Å². The van der Waals surface area contributed by atoms with Crippen LogP contribution in [0.5, 0.6) is 17.2 Å². The summed E-state index contributed by atoms with van der Waals surface area (Å²) in [5.74, 6) is 2.51. The molecule has 0 radical (unpaired) electrons. The van der Waals surface area contributed by atoms with E-state index in [1.807, 2.05) is 43.3 Å². The number of aromatic nitrogens is 3. The Bertz CT molecular complexity index is 1610. The predicted molar refractivity (Wildman–Crippen MR) is 165 cm³/mol.